The van der Waals surface area contributed by atoms with Crippen molar-refractivity contribution in [3.63, 3.8) is 0 Å². The molecule has 0 saturated heterocycles. The Morgan fingerprint density at radius 3 is 2.65 bits per heavy atom. The second-order valence-corrected chi connectivity index (χ2v) is 4.37. The Labute approximate surface area is 117 Å². The van der Waals surface area contributed by atoms with Crippen LogP contribution in [0.1, 0.15) is 21.5 Å². The third-order valence-electron chi connectivity index (χ3n) is 3.08. The van der Waals surface area contributed by atoms with Crippen LogP contribution in [0.5, 0.6) is 5.75 Å². The number of ether oxygens (including phenoxy) is 1. The molecule has 0 atom stereocenters. The molecule has 4 heteroatoms. The number of ketones is 1. The summed E-state index contributed by atoms with van der Waals surface area (Å²) in [6, 6.07) is 11.1. The zero-order chi connectivity index (χ0) is 14.5. The molecule has 0 aliphatic rings. The molecule has 0 saturated carbocycles. The summed E-state index contributed by atoms with van der Waals surface area (Å²) in [5, 5.41) is 0. The maximum absolute atomic E-state index is 13.4. The molecule has 0 aliphatic heterocycles. The molecule has 2 aromatic carbocycles. The van der Waals surface area contributed by atoms with E-state index in [1.807, 2.05) is 12.1 Å². The number of carbonyl (C=O) groups excluding carboxylic acids is 1. The molecule has 0 radical (unpaired) electrons. The maximum Gasteiger partial charge on any atom is 0.197 e. The first-order valence-corrected chi connectivity index (χ1v) is 6.33. The largest absolute Gasteiger partial charge is 0.496 e. The first kappa shape index (κ1) is 14.2. The number of hydrogen-bond acceptors (Lipinski definition) is 3. The topological polar surface area (TPSA) is 52.3 Å². The van der Waals surface area contributed by atoms with Crippen molar-refractivity contribution in [2.45, 2.75) is 6.42 Å². The van der Waals surface area contributed by atoms with Crippen LogP contribution in [0.4, 0.5) is 4.39 Å². The Bertz CT molecular complexity index is 626. The summed E-state index contributed by atoms with van der Waals surface area (Å²) in [4.78, 5) is 12.6. The van der Waals surface area contributed by atoms with Crippen molar-refractivity contribution in [1.82, 2.24) is 0 Å². The van der Waals surface area contributed by atoms with E-state index in [0.717, 1.165) is 5.56 Å². The lowest BCUT2D eigenvalue weighted by Crippen LogP contribution is -2.11. The SMILES string of the molecule is COc1ccc(F)cc1C(=O)c1ccccc1CCN. The minimum atomic E-state index is -0.467. The van der Waals surface area contributed by atoms with Crippen LogP contribution in [-0.2, 0) is 6.42 Å². The number of nitrogens with two attached hydrogens (primary N) is 1. The number of rotatable bonds is 5. The normalized spacial score (nSPS) is 10.3. The molecule has 0 amide bonds. The van der Waals surface area contributed by atoms with E-state index in [1.165, 1.54) is 25.3 Å². The molecule has 0 aliphatic carbocycles. The predicted octanol–water partition coefficient (Wildman–Crippen LogP) is 2.57. The van der Waals surface area contributed by atoms with E-state index in [4.69, 9.17) is 10.5 Å². The van der Waals surface area contributed by atoms with E-state index < -0.39 is 5.82 Å². The molecular formula is C16H16FNO2. The second kappa shape index (κ2) is 6.30. The lowest BCUT2D eigenvalue weighted by Gasteiger charge is -2.11. The summed E-state index contributed by atoms with van der Waals surface area (Å²) < 4.78 is 18.5. The van der Waals surface area contributed by atoms with Gasteiger partial charge in [0.1, 0.15) is 11.6 Å². The van der Waals surface area contributed by atoms with Crippen LogP contribution in [0, 0.1) is 5.82 Å². The van der Waals surface area contributed by atoms with Gasteiger partial charge in [-0.2, -0.15) is 0 Å². The van der Waals surface area contributed by atoms with Gasteiger partial charge in [0.05, 0.1) is 12.7 Å². The maximum atomic E-state index is 13.4. The molecular weight excluding hydrogens is 257 g/mol. The number of carbonyl (C=O) groups is 1. The van der Waals surface area contributed by atoms with Gasteiger partial charge in [-0.3, -0.25) is 4.79 Å². The zero-order valence-electron chi connectivity index (χ0n) is 11.2. The van der Waals surface area contributed by atoms with Crippen LogP contribution in [0.2, 0.25) is 0 Å². The summed E-state index contributed by atoms with van der Waals surface area (Å²) in [6.07, 6.45) is 0.597. The van der Waals surface area contributed by atoms with Crippen LogP contribution >= 0.6 is 0 Å². The molecule has 104 valence electrons. The molecule has 2 aromatic rings. The summed E-state index contributed by atoms with van der Waals surface area (Å²) >= 11 is 0. The Morgan fingerprint density at radius 1 is 1.20 bits per heavy atom. The van der Waals surface area contributed by atoms with Crippen molar-refractivity contribution in [1.29, 1.82) is 0 Å². The molecule has 0 fully saturated rings. The molecule has 0 spiro atoms. The lowest BCUT2D eigenvalue weighted by molar-refractivity contribution is 0.103. The molecule has 0 heterocycles. The predicted molar refractivity (Wildman–Crippen MR) is 75.6 cm³/mol. The highest BCUT2D eigenvalue weighted by Crippen LogP contribution is 2.24. The molecule has 0 bridgehead atoms. The van der Waals surface area contributed by atoms with E-state index >= 15 is 0 Å². The average Bonchev–Trinajstić information content (AvgIpc) is 2.47. The average molecular weight is 273 g/mol. The monoisotopic (exact) mass is 273 g/mol. The van der Waals surface area contributed by atoms with Crippen LogP contribution < -0.4 is 10.5 Å². The van der Waals surface area contributed by atoms with Crippen molar-refractivity contribution in [3.8, 4) is 5.75 Å². The third-order valence-corrected chi connectivity index (χ3v) is 3.08. The second-order valence-electron chi connectivity index (χ2n) is 4.37. The van der Waals surface area contributed by atoms with Gasteiger partial charge in [-0.15, -0.1) is 0 Å². The highest BCUT2D eigenvalue weighted by atomic mass is 19.1. The minimum absolute atomic E-state index is 0.219. The number of hydrogen-bond donors (Lipinski definition) is 1. The molecule has 2 N–H and O–H groups in total. The molecule has 20 heavy (non-hydrogen) atoms. The van der Waals surface area contributed by atoms with Crippen molar-refractivity contribution in [3.05, 3.63) is 65.0 Å². The highest BCUT2D eigenvalue weighted by molar-refractivity contribution is 6.11. The quantitative estimate of drug-likeness (QED) is 0.852. The van der Waals surface area contributed by atoms with E-state index in [9.17, 15) is 9.18 Å². The van der Waals surface area contributed by atoms with Gasteiger partial charge >= 0.3 is 0 Å². The van der Waals surface area contributed by atoms with E-state index in [2.05, 4.69) is 0 Å². The summed E-state index contributed by atoms with van der Waals surface area (Å²) in [6.45, 7) is 0.449. The summed E-state index contributed by atoms with van der Waals surface area (Å²) in [5.41, 5.74) is 7.15. The number of halogens is 1. The standard InChI is InChI=1S/C16H16FNO2/c1-20-15-7-6-12(17)10-14(15)16(19)13-5-3-2-4-11(13)8-9-18/h2-7,10H,8-9,18H2,1H3. The highest BCUT2D eigenvalue weighted by Gasteiger charge is 2.17. The van der Waals surface area contributed by atoms with Gasteiger partial charge in [-0.25, -0.2) is 4.39 Å². The molecule has 0 aromatic heterocycles. The van der Waals surface area contributed by atoms with Crippen LogP contribution in [-0.4, -0.2) is 19.4 Å². The fraction of sp³-hybridized carbons (Fsp3) is 0.188. The molecule has 2 rings (SSSR count). The Kier molecular flexibility index (Phi) is 4.48. The van der Waals surface area contributed by atoms with Gasteiger partial charge in [0.25, 0.3) is 0 Å². The van der Waals surface area contributed by atoms with E-state index in [0.29, 0.717) is 24.3 Å². The van der Waals surface area contributed by atoms with Gasteiger partial charge in [0.15, 0.2) is 5.78 Å². The van der Waals surface area contributed by atoms with Crippen molar-refractivity contribution < 1.29 is 13.9 Å². The lowest BCUT2D eigenvalue weighted by atomic mass is 9.96. The fourth-order valence-corrected chi connectivity index (χ4v) is 2.12. The first-order valence-electron chi connectivity index (χ1n) is 6.33. The van der Waals surface area contributed by atoms with E-state index in [1.54, 1.807) is 12.1 Å². The third kappa shape index (κ3) is 2.86. The summed E-state index contributed by atoms with van der Waals surface area (Å²) in [7, 11) is 1.45. The number of benzene rings is 2. The van der Waals surface area contributed by atoms with Gasteiger partial charge in [-0.05, 0) is 36.7 Å². The Morgan fingerprint density at radius 2 is 1.95 bits per heavy atom. The van der Waals surface area contributed by atoms with Gasteiger partial charge in [0.2, 0.25) is 0 Å². The van der Waals surface area contributed by atoms with Gasteiger partial charge < -0.3 is 10.5 Å². The smallest absolute Gasteiger partial charge is 0.197 e. The van der Waals surface area contributed by atoms with Crippen LogP contribution in [0.3, 0.4) is 0 Å². The van der Waals surface area contributed by atoms with Gasteiger partial charge in [0, 0.05) is 5.56 Å². The van der Waals surface area contributed by atoms with Crippen molar-refractivity contribution >= 4 is 5.78 Å². The number of methoxy groups -OCH3 is 1. The van der Waals surface area contributed by atoms with Crippen LogP contribution in [0.25, 0.3) is 0 Å². The Hall–Kier alpha value is -2.20. The van der Waals surface area contributed by atoms with Crippen molar-refractivity contribution in [2.24, 2.45) is 5.73 Å². The molecule has 0 unspecified atom stereocenters. The molecule has 3 nitrogen and oxygen atoms in total. The van der Waals surface area contributed by atoms with Gasteiger partial charge in [-0.1, -0.05) is 24.3 Å². The van der Waals surface area contributed by atoms with Crippen LogP contribution in [0.15, 0.2) is 42.5 Å². The summed E-state index contributed by atoms with van der Waals surface area (Å²) in [5.74, 6) is -0.366. The zero-order valence-corrected chi connectivity index (χ0v) is 11.2. The fourth-order valence-electron chi connectivity index (χ4n) is 2.12. The van der Waals surface area contributed by atoms with Crippen molar-refractivity contribution in [2.75, 3.05) is 13.7 Å². The first-order chi connectivity index (χ1) is 9.67. The van der Waals surface area contributed by atoms with E-state index in [-0.39, 0.29) is 11.3 Å². The Balaban J connectivity index is 2.49. The minimum Gasteiger partial charge on any atom is -0.496 e.